The van der Waals surface area contributed by atoms with Crippen LogP contribution in [-0.4, -0.2) is 23.3 Å². The van der Waals surface area contributed by atoms with Crippen molar-refractivity contribution in [1.29, 1.82) is 0 Å². The molecule has 0 unspecified atom stereocenters. The Bertz CT molecular complexity index is 1370. The van der Waals surface area contributed by atoms with Crippen molar-refractivity contribution in [3.63, 3.8) is 0 Å². The fraction of sp³-hybridized carbons (Fsp3) is 0.0909. The standard InChI is InChI=1S/C22H18N4O4S/c1-15-7-9-17(10-8-15)31(29,30)21-12-19-18(11-20(21)26(27)28)22(25-14-24-19)23-13-16-5-3-2-4-6-16/h2-12,14H,13H2,1H3,(H,23,24,25). The summed E-state index contributed by atoms with van der Waals surface area (Å²) < 4.78 is 26.3. The van der Waals surface area contributed by atoms with E-state index in [2.05, 4.69) is 15.3 Å². The highest BCUT2D eigenvalue weighted by Crippen LogP contribution is 2.34. The predicted octanol–water partition coefficient (Wildman–Crippen LogP) is 4.29. The third-order valence-corrected chi connectivity index (χ3v) is 6.64. The number of hydrogen-bond acceptors (Lipinski definition) is 7. The lowest BCUT2D eigenvalue weighted by atomic mass is 10.2. The first kappa shape index (κ1) is 20.4. The van der Waals surface area contributed by atoms with E-state index in [9.17, 15) is 18.5 Å². The molecule has 0 atom stereocenters. The van der Waals surface area contributed by atoms with Crippen LogP contribution in [0.3, 0.4) is 0 Å². The summed E-state index contributed by atoms with van der Waals surface area (Å²) in [6.07, 6.45) is 1.30. The van der Waals surface area contributed by atoms with Crippen molar-refractivity contribution in [2.45, 2.75) is 23.3 Å². The Balaban J connectivity index is 1.82. The number of anilines is 1. The summed E-state index contributed by atoms with van der Waals surface area (Å²) >= 11 is 0. The molecule has 0 bridgehead atoms. The molecule has 156 valence electrons. The maximum Gasteiger partial charge on any atom is 0.289 e. The number of rotatable bonds is 6. The highest BCUT2D eigenvalue weighted by Gasteiger charge is 2.29. The average Bonchev–Trinajstić information content (AvgIpc) is 2.77. The lowest BCUT2D eigenvalue weighted by Gasteiger charge is -2.11. The number of nitro groups is 1. The van der Waals surface area contributed by atoms with Gasteiger partial charge in [-0.3, -0.25) is 10.1 Å². The second-order valence-electron chi connectivity index (χ2n) is 6.97. The fourth-order valence-electron chi connectivity index (χ4n) is 3.20. The Hall–Kier alpha value is -3.85. The van der Waals surface area contributed by atoms with Gasteiger partial charge in [0.2, 0.25) is 9.84 Å². The first-order valence-electron chi connectivity index (χ1n) is 9.39. The lowest BCUT2D eigenvalue weighted by Crippen LogP contribution is -2.07. The summed E-state index contributed by atoms with van der Waals surface area (Å²) in [7, 11) is -4.11. The lowest BCUT2D eigenvalue weighted by molar-refractivity contribution is -0.387. The maximum atomic E-state index is 13.1. The van der Waals surface area contributed by atoms with Gasteiger partial charge in [-0.1, -0.05) is 48.0 Å². The number of aryl methyl sites for hydroxylation is 1. The molecule has 9 heteroatoms. The van der Waals surface area contributed by atoms with Gasteiger partial charge in [-0.2, -0.15) is 0 Å². The molecule has 1 N–H and O–H groups in total. The minimum atomic E-state index is -4.11. The van der Waals surface area contributed by atoms with E-state index in [0.29, 0.717) is 23.3 Å². The number of hydrogen-bond donors (Lipinski definition) is 1. The normalized spacial score (nSPS) is 11.4. The molecule has 0 amide bonds. The van der Waals surface area contributed by atoms with Gasteiger partial charge in [0.05, 0.1) is 15.3 Å². The molecule has 0 fully saturated rings. The van der Waals surface area contributed by atoms with Crippen molar-refractivity contribution >= 4 is 32.2 Å². The minimum absolute atomic E-state index is 0.0166. The second kappa shape index (κ2) is 8.11. The van der Waals surface area contributed by atoms with Crippen LogP contribution in [0, 0.1) is 17.0 Å². The zero-order valence-electron chi connectivity index (χ0n) is 16.5. The molecule has 1 aromatic heterocycles. The highest BCUT2D eigenvalue weighted by atomic mass is 32.2. The molecular formula is C22H18N4O4S. The first-order chi connectivity index (χ1) is 14.9. The van der Waals surface area contributed by atoms with Gasteiger partial charge in [0.25, 0.3) is 5.69 Å². The smallest absolute Gasteiger partial charge is 0.289 e. The van der Waals surface area contributed by atoms with E-state index in [0.717, 1.165) is 11.1 Å². The van der Waals surface area contributed by atoms with Gasteiger partial charge in [0, 0.05) is 18.0 Å². The van der Waals surface area contributed by atoms with Gasteiger partial charge in [-0.15, -0.1) is 0 Å². The largest absolute Gasteiger partial charge is 0.365 e. The van der Waals surface area contributed by atoms with Crippen molar-refractivity contribution in [2.24, 2.45) is 0 Å². The number of nitro benzene ring substituents is 1. The Morgan fingerprint density at radius 1 is 1.00 bits per heavy atom. The summed E-state index contributed by atoms with van der Waals surface area (Å²) in [5.74, 6) is 0.385. The van der Waals surface area contributed by atoms with Crippen LogP contribution in [0.4, 0.5) is 11.5 Å². The zero-order valence-corrected chi connectivity index (χ0v) is 17.3. The van der Waals surface area contributed by atoms with Crippen molar-refractivity contribution in [3.05, 3.63) is 94.3 Å². The first-order valence-corrected chi connectivity index (χ1v) is 10.9. The zero-order chi connectivity index (χ0) is 22.0. The van der Waals surface area contributed by atoms with E-state index in [-0.39, 0.29) is 4.90 Å². The van der Waals surface area contributed by atoms with Crippen LogP contribution in [0.25, 0.3) is 10.9 Å². The number of aromatic nitrogens is 2. The van der Waals surface area contributed by atoms with Crippen molar-refractivity contribution in [3.8, 4) is 0 Å². The number of nitrogens with one attached hydrogen (secondary N) is 1. The quantitative estimate of drug-likeness (QED) is 0.355. The van der Waals surface area contributed by atoms with Gasteiger partial charge in [-0.05, 0) is 30.7 Å². The highest BCUT2D eigenvalue weighted by molar-refractivity contribution is 7.91. The van der Waals surface area contributed by atoms with Gasteiger partial charge in [0.1, 0.15) is 12.1 Å². The topological polar surface area (TPSA) is 115 Å². The number of fused-ring (bicyclic) bond motifs is 1. The molecule has 0 radical (unpaired) electrons. The van der Waals surface area contributed by atoms with Crippen LogP contribution in [0.1, 0.15) is 11.1 Å². The number of benzene rings is 3. The predicted molar refractivity (Wildman–Crippen MR) is 117 cm³/mol. The maximum absolute atomic E-state index is 13.1. The molecule has 8 nitrogen and oxygen atoms in total. The van der Waals surface area contributed by atoms with Crippen LogP contribution in [0.5, 0.6) is 0 Å². The fourth-order valence-corrected chi connectivity index (χ4v) is 4.62. The van der Waals surface area contributed by atoms with Crippen LogP contribution >= 0.6 is 0 Å². The Labute approximate surface area is 178 Å². The third kappa shape index (κ3) is 4.08. The average molecular weight is 434 g/mol. The molecule has 4 rings (SSSR count). The SMILES string of the molecule is Cc1ccc(S(=O)(=O)c2cc3ncnc(NCc4ccccc4)c3cc2[N+](=O)[O-])cc1. The third-order valence-electron chi connectivity index (χ3n) is 4.84. The molecule has 1 heterocycles. The van der Waals surface area contributed by atoms with Crippen LogP contribution in [0.15, 0.2) is 82.8 Å². The van der Waals surface area contributed by atoms with E-state index in [1.54, 1.807) is 12.1 Å². The summed E-state index contributed by atoms with van der Waals surface area (Å²) in [4.78, 5) is 19.0. The molecule has 0 saturated heterocycles. The van der Waals surface area contributed by atoms with Crippen molar-refractivity contribution in [1.82, 2.24) is 9.97 Å². The molecule has 4 aromatic rings. The van der Waals surface area contributed by atoms with Gasteiger partial charge >= 0.3 is 0 Å². The van der Waals surface area contributed by atoms with Crippen LogP contribution in [-0.2, 0) is 16.4 Å². The number of nitrogens with zero attached hydrogens (tertiary/aromatic N) is 3. The van der Waals surface area contributed by atoms with Crippen LogP contribution in [0.2, 0.25) is 0 Å². The van der Waals surface area contributed by atoms with Gasteiger partial charge < -0.3 is 5.32 Å². The minimum Gasteiger partial charge on any atom is -0.365 e. The van der Waals surface area contributed by atoms with E-state index >= 15 is 0 Å². The second-order valence-corrected chi connectivity index (χ2v) is 8.89. The van der Waals surface area contributed by atoms with E-state index in [1.165, 1.54) is 30.6 Å². The molecule has 0 saturated carbocycles. The van der Waals surface area contributed by atoms with E-state index < -0.39 is 25.3 Å². The Morgan fingerprint density at radius 2 is 1.71 bits per heavy atom. The Morgan fingerprint density at radius 3 is 2.39 bits per heavy atom. The number of sulfone groups is 1. The van der Waals surface area contributed by atoms with Gasteiger partial charge in [-0.25, -0.2) is 18.4 Å². The molecule has 31 heavy (non-hydrogen) atoms. The van der Waals surface area contributed by atoms with Crippen LogP contribution < -0.4 is 5.32 Å². The molecule has 0 aliphatic carbocycles. The summed E-state index contributed by atoms with van der Waals surface area (Å²) in [5.41, 5.74) is 1.66. The van der Waals surface area contributed by atoms with Gasteiger partial charge in [0.15, 0.2) is 4.90 Å². The molecule has 0 aliphatic heterocycles. The summed E-state index contributed by atoms with van der Waals surface area (Å²) in [6.45, 7) is 2.28. The van der Waals surface area contributed by atoms with E-state index in [1.807, 2.05) is 37.3 Å². The molecule has 0 spiro atoms. The Kier molecular flexibility index (Phi) is 5.35. The van der Waals surface area contributed by atoms with Crippen molar-refractivity contribution in [2.75, 3.05) is 5.32 Å². The summed E-state index contributed by atoms with van der Waals surface area (Å²) in [6, 6.07) is 18.2. The molecular weight excluding hydrogens is 416 g/mol. The molecule has 3 aromatic carbocycles. The summed E-state index contributed by atoms with van der Waals surface area (Å²) in [5, 5.41) is 15.3. The monoisotopic (exact) mass is 434 g/mol. The van der Waals surface area contributed by atoms with Crippen molar-refractivity contribution < 1.29 is 13.3 Å². The van der Waals surface area contributed by atoms with E-state index in [4.69, 9.17) is 0 Å². The molecule has 0 aliphatic rings.